The highest BCUT2D eigenvalue weighted by Gasteiger charge is 2.41. The molecule has 0 aliphatic carbocycles. The number of aromatic hydroxyl groups is 1. The number of esters is 1. The van der Waals surface area contributed by atoms with E-state index in [1.165, 1.54) is 24.3 Å². The summed E-state index contributed by atoms with van der Waals surface area (Å²) in [4.78, 5) is 12.8. The van der Waals surface area contributed by atoms with E-state index in [4.69, 9.17) is 27.9 Å². The van der Waals surface area contributed by atoms with Crippen molar-refractivity contribution >= 4 is 39.0 Å². The van der Waals surface area contributed by atoms with E-state index in [2.05, 4.69) is 5.32 Å². The molecule has 31 heavy (non-hydrogen) atoms. The molecule has 1 atom stereocenters. The number of halogens is 2. The average Bonchev–Trinajstić information content (AvgIpc) is 2.69. The van der Waals surface area contributed by atoms with Gasteiger partial charge in [0, 0.05) is 11.4 Å². The summed E-state index contributed by atoms with van der Waals surface area (Å²) in [5.41, 5.74) is 1.31. The number of hydrogen-bond acceptors (Lipinski definition) is 6. The fraction of sp³-hybridized carbons (Fsp3) is 0.227. The van der Waals surface area contributed by atoms with Gasteiger partial charge in [0.2, 0.25) is 9.84 Å². The maximum Gasteiger partial charge on any atom is 0.336 e. The number of phenols is 1. The Labute approximate surface area is 191 Å². The molecule has 9 heteroatoms. The molecular formula is C22H21Cl2NO5S. The molecule has 0 amide bonds. The van der Waals surface area contributed by atoms with Gasteiger partial charge in [-0.05, 0) is 56.7 Å². The van der Waals surface area contributed by atoms with Crippen LogP contribution in [0.4, 0.5) is 0 Å². The van der Waals surface area contributed by atoms with Crippen LogP contribution < -0.4 is 5.32 Å². The fourth-order valence-electron chi connectivity index (χ4n) is 3.60. The lowest BCUT2D eigenvalue weighted by atomic mass is 9.86. The van der Waals surface area contributed by atoms with E-state index >= 15 is 0 Å². The van der Waals surface area contributed by atoms with Crippen molar-refractivity contribution in [3.8, 4) is 5.75 Å². The highest BCUT2D eigenvalue weighted by atomic mass is 35.5. The van der Waals surface area contributed by atoms with Gasteiger partial charge < -0.3 is 15.2 Å². The van der Waals surface area contributed by atoms with Crippen molar-refractivity contribution in [1.82, 2.24) is 5.32 Å². The van der Waals surface area contributed by atoms with Crippen LogP contribution in [-0.4, -0.2) is 26.1 Å². The number of rotatable bonds is 5. The first-order valence-electron chi connectivity index (χ1n) is 9.43. The molecule has 6 nitrogen and oxygen atoms in total. The van der Waals surface area contributed by atoms with E-state index in [9.17, 15) is 18.3 Å². The van der Waals surface area contributed by atoms with Gasteiger partial charge in [-0.25, -0.2) is 13.2 Å². The Morgan fingerprint density at radius 1 is 1.10 bits per heavy atom. The SMILES string of the molecule is CCOC(=O)C1=C(C)NC(C)=C(S(=O)(=O)c2ccc(O)cc2)C1c1cccc(Cl)c1Cl. The first-order valence-corrected chi connectivity index (χ1v) is 11.7. The van der Waals surface area contributed by atoms with E-state index in [1.54, 1.807) is 39.0 Å². The number of dihydropyridines is 1. The van der Waals surface area contributed by atoms with Gasteiger partial charge in [0.25, 0.3) is 0 Å². The summed E-state index contributed by atoms with van der Waals surface area (Å²) in [5, 5.41) is 12.9. The number of phenolic OH excluding ortho intramolecular Hbond substituents is 1. The van der Waals surface area contributed by atoms with Crippen LogP contribution in [0.25, 0.3) is 0 Å². The molecule has 1 heterocycles. The third-order valence-electron chi connectivity index (χ3n) is 4.92. The topological polar surface area (TPSA) is 92.7 Å². The average molecular weight is 482 g/mol. The van der Waals surface area contributed by atoms with Crippen LogP contribution in [0.1, 0.15) is 32.3 Å². The van der Waals surface area contributed by atoms with Crippen LogP contribution >= 0.6 is 23.2 Å². The summed E-state index contributed by atoms with van der Waals surface area (Å²) in [6.07, 6.45) is 0. The second kappa shape index (κ2) is 8.94. The lowest BCUT2D eigenvalue weighted by Crippen LogP contribution is -2.32. The van der Waals surface area contributed by atoms with Gasteiger partial charge in [-0.2, -0.15) is 0 Å². The summed E-state index contributed by atoms with van der Waals surface area (Å²) >= 11 is 12.7. The van der Waals surface area contributed by atoms with Crippen molar-refractivity contribution in [2.45, 2.75) is 31.6 Å². The van der Waals surface area contributed by atoms with Crippen LogP contribution in [0.2, 0.25) is 10.0 Å². The molecule has 0 radical (unpaired) electrons. The summed E-state index contributed by atoms with van der Waals surface area (Å²) in [6, 6.07) is 10.0. The van der Waals surface area contributed by atoms with Crippen LogP contribution in [0.3, 0.4) is 0 Å². The molecule has 0 saturated carbocycles. The molecule has 2 aromatic carbocycles. The Balaban J connectivity index is 2.32. The van der Waals surface area contributed by atoms with Crippen molar-refractivity contribution in [3.05, 3.63) is 79.9 Å². The number of ether oxygens (including phenoxy) is 1. The standard InChI is InChI=1S/C22H21Cl2NO5S/c1-4-30-22(27)18-12(2)25-13(3)21(19(18)16-6-5-7-17(23)20(16)24)31(28,29)15-10-8-14(26)9-11-15/h5-11,19,25-26H,4H2,1-3H3. The quantitative estimate of drug-likeness (QED) is 0.588. The predicted molar refractivity (Wildman–Crippen MR) is 120 cm³/mol. The van der Waals surface area contributed by atoms with E-state index in [1.807, 2.05) is 0 Å². The summed E-state index contributed by atoms with van der Waals surface area (Å²) in [6.45, 7) is 5.07. The van der Waals surface area contributed by atoms with Crippen molar-refractivity contribution < 1.29 is 23.1 Å². The highest BCUT2D eigenvalue weighted by molar-refractivity contribution is 7.95. The summed E-state index contributed by atoms with van der Waals surface area (Å²) in [5.74, 6) is -1.76. The third kappa shape index (κ3) is 4.31. The van der Waals surface area contributed by atoms with Crippen LogP contribution in [0.15, 0.2) is 69.2 Å². The van der Waals surface area contributed by atoms with Crippen molar-refractivity contribution in [1.29, 1.82) is 0 Å². The van der Waals surface area contributed by atoms with Crippen LogP contribution in [0.5, 0.6) is 5.75 Å². The molecule has 1 aliphatic heterocycles. The van der Waals surface area contributed by atoms with Crippen molar-refractivity contribution in [2.24, 2.45) is 0 Å². The van der Waals surface area contributed by atoms with Crippen molar-refractivity contribution in [3.63, 3.8) is 0 Å². The van der Waals surface area contributed by atoms with Gasteiger partial charge in [-0.15, -0.1) is 0 Å². The van der Waals surface area contributed by atoms with Crippen LogP contribution in [0, 0.1) is 0 Å². The largest absolute Gasteiger partial charge is 0.508 e. The molecule has 1 aliphatic rings. The molecule has 3 rings (SSSR count). The number of allylic oxidation sites excluding steroid dienone is 3. The third-order valence-corrected chi connectivity index (χ3v) is 7.77. The number of carbonyl (C=O) groups is 1. The minimum absolute atomic E-state index is 0.0348. The number of hydrogen-bond donors (Lipinski definition) is 2. The molecule has 0 aromatic heterocycles. The predicted octanol–water partition coefficient (Wildman–Crippen LogP) is 4.93. The van der Waals surface area contributed by atoms with Gasteiger partial charge in [0.1, 0.15) is 5.75 Å². The Morgan fingerprint density at radius 3 is 2.35 bits per heavy atom. The molecule has 0 spiro atoms. The minimum Gasteiger partial charge on any atom is -0.508 e. The second-order valence-corrected chi connectivity index (χ2v) is 9.65. The second-order valence-electron chi connectivity index (χ2n) is 6.95. The molecule has 0 fully saturated rings. The van der Waals surface area contributed by atoms with Gasteiger partial charge in [0.05, 0.1) is 37.9 Å². The maximum absolute atomic E-state index is 13.7. The molecule has 1 unspecified atom stereocenters. The van der Waals surface area contributed by atoms with E-state index in [-0.39, 0.29) is 37.8 Å². The molecule has 164 valence electrons. The van der Waals surface area contributed by atoms with Gasteiger partial charge >= 0.3 is 5.97 Å². The highest BCUT2D eigenvalue weighted by Crippen LogP contribution is 2.46. The number of nitrogens with one attached hydrogen (secondary N) is 1. The van der Waals surface area contributed by atoms with Gasteiger partial charge in [-0.1, -0.05) is 35.3 Å². The molecular weight excluding hydrogens is 461 g/mol. The minimum atomic E-state index is -4.10. The Bertz CT molecular complexity index is 1200. The zero-order valence-corrected chi connectivity index (χ0v) is 19.4. The summed E-state index contributed by atoms with van der Waals surface area (Å²) in [7, 11) is -4.10. The first kappa shape index (κ1) is 23.2. The lowest BCUT2D eigenvalue weighted by Gasteiger charge is -2.31. The number of benzene rings is 2. The van der Waals surface area contributed by atoms with Crippen molar-refractivity contribution in [2.75, 3.05) is 6.61 Å². The molecule has 2 aromatic rings. The number of carbonyl (C=O) groups excluding carboxylic acids is 1. The fourth-order valence-corrected chi connectivity index (χ4v) is 5.78. The number of sulfone groups is 1. The van der Waals surface area contributed by atoms with E-state index in [0.29, 0.717) is 17.0 Å². The van der Waals surface area contributed by atoms with E-state index < -0.39 is 21.7 Å². The Hall–Kier alpha value is -2.48. The van der Waals surface area contributed by atoms with Crippen LogP contribution in [-0.2, 0) is 19.4 Å². The zero-order chi connectivity index (χ0) is 22.9. The maximum atomic E-state index is 13.7. The van der Waals surface area contributed by atoms with Gasteiger partial charge in [-0.3, -0.25) is 0 Å². The first-order chi connectivity index (χ1) is 14.6. The Morgan fingerprint density at radius 2 is 1.74 bits per heavy atom. The molecule has 0 bridgehead atoms. The normalized spacial score (nSPS) is 16.9. The molecule has 2 N–H and O–H groups in total. The molecule has 0 saturated heterocycles. The van der Waals surface area contributed by atoms with Gasteiger partial charge in [0.15, 0.2) is 0 Å². The monoisotopic (exact) mass is 481 g/mol. The van der Waals surface area contributed by atoms with E-state index in [0.717, 1.165) is 0 Å². The summed E-state index contributed by atoms with van der Waals surface area (Å²) < 4.78 is 32.6. The smallest absolute Gasteiger partial charge is 0.336 e. The lowest BCUT2D eigenvalue weighted by molar-refractivity contribution is -0.138. The zero-order valence-electron chi connectivity index (χ0n) is 17.1. The Kier molecular flexibility index (Phi) is 6.69.